The third-order valence-electron chi connectivity index (χ3n) is 5.29. The zero-order valence-corrected chi connectivity index (χ0v) is 12.9. The highest BCUT2D eigenvalue weighted by Crippen LogP contribution is 2.37. The molecule has 1 aromatic rings. The summed E-state index contributed by atoms with van der Waals surface area (Å²) in [5.41, 5.74) is -1.24. The molecule has 128 valence electrons. The maximum absolute atomic E-state index is 12.6. The Hall–Kier alpha value is -1.11. The minimum Gasteiger partial charge on any atom is -0.391 e. The zero-order chi connectivity index (χ0) is 16.7. The van der Waals surface area contributed by atoms with Crippen LogP contribution in [0.15, 0.2) is 24.3 Å². The van der Waals surface area contributed by atoms with Crippen molar-refractivity contribution in [3.63, 3.8) is 0 Å². The lowest BCUT2D eigenvalue weighted by molar-refractivity contribution is -0.137. The van der Waals surface area contributed by atoms with Crippen LogP contribution in [0.4, 0.5) is 13.2 Å². The number of aliphatic hydroxyl groups is 2. The van der Waals surface area contributed by atoms with E-state index in [-0.39, 0.29) is 12.1 Å². The molecule has 1 aliphatic heterocycles. The Labute approximate surface area is 133 Å². The topological polar surface area (TPSA) is 43.7 Å². The second-order valence-corrected chi connectivity index (χ2v) is 6.71. The van der Waals surface area contributed by atoms with Crippen molar-refractivity contribution < 1.29 is 23.4 Å². The fraction of sp³-hybridized carbons (Fsp3) is 0.647. The first-order valence-corrected chi connectivity index (χ1v) is 8.12. The molecule has 2 unspecified atom stereocenters. The molecule has 6 heteroatoms. The molecular weight excluding hydrogens is 307 g/mol. The summed E-state index contributed by atoms with van der Waals surface area (Å²) in [6, 6.07) is 4.97. The van der Waals surface area contributed by atoms with Crippen molar-refractivity contribution in [3.8, 4) is 0 Å². The lowest BCUT2D eigenvalue weighted by Gasteiger charge is -2.42. The van der Waals surface area contributed by atoms with Gasteiger partial charge in [0.05, 0.1) is 17.3 Å². The predicted octanol–water partition coefficient (Wildman–Crippen LogP) is 2.90. The SMILES string of the molecule is OC1CCCC1N1CCC(O)(c2ccc(C(F)(F)F)cc2)CC1. The van der Waals surface area contributed by atoms with Crippen molar-refractivity contribution in [1.29, 1.82) is 0 Å². The minimum absolute atomic E-state index is 0.159. The highest BCUT2D eigenvalue weighted by Gasteiger charge is 2.39. The fourth-order valence-electron chi connectivity index (χ4n) is 3.83. The maximum atomic E-state index is 12.6. The molecule has 0 amide bonds. The first kappa shape index (κ1) is 16.7. The van der Waals surface area contributed by atoms with Crippen molar-refractivity contribution in [1.82, 2.24) is 4.90 Å². The number of alkyl halides is 3. The molecule has 1 saturated carbocycles. The first-order valence-electron chi connectivity index (χ1n) is 8.12. The van der Waals surface area contributed by atoms with Crippen LogP contribution in [0.1, 0.15) is 43.2 Å². The van der Waals surface area contributed by atoms with Gasteiger partial charge in [-0.2, -0.15) is 13.2 Å². The summed E-state index contributed by atoms with van der Waals surface area (Å²) in [4.78, 5) is 2.20. The van der Waals surface area contributed by atoms with Gasteiger partial charge in [0.1, 0.15) is 0 Å². The quantitative estimate of drug-likeness (QED) is 0.877. The lowest BCUT2D eigenvalue weighted by atomic mass is 9.83. The largest absolute Gasteiger partial charge is 0.416 e. The van der Waals surface area contributed by atoms with Crippen LogP contribution < -0.4 is 0 Å². The predicted molar refractivity (Wildman–Crippen MR) is 79.8 cm³/mol. The van der Waals surface area contributed by atoms with E-state index in [0.29, 0.717) is 31.5 Å². The van der Waals surface area contributed by atoms with E-state index in [2.05, 4.69) is 4.90 Å². The van der Waals surface area contributed by atoms with Gasteiger partial charge in [-0.3, -0.25) is 4.90 Å². The number of rotatable bonds is 2. The standard InChI is InChI=1S/C17H22F3NO2/c18-17(19,20)13-6-4-12(5-7-13)16(23)8-10-21(11-9-16)14-2-1-3-15(14)22/h4-7,14-15,22-23H,1-3,8-11H2. The van der Waals surface area contributed by atoms with Gasteiger partial charge < -0.3 is 10.2 Å². The van der Waals surface area contributed by atoms with Crippen molar-refractivity contribution in [2.75, 3.05) is 13.1 Å². The molecule has 3 nitrogen and oxygen atoms in total. The van der Waals surface area contributed by atoms with Gasteiger partial charge in [-0.05, 0) is 49.8 Å². The van der Waals surface area contributed by atoms with Gasteiger partial charge in [-0.15, -0.1) is 0 Å². The van der Waals surface area contributed by atoms with Crippen molar-refractivity contribution in [2.24, 2.45) is 0 Å². The summed E-state index contributed by atoms with van der Waals surface area (Å²) in [5, 5.41) is 20.8. The van der Waals surface area contributed by atoms with Crippen molar-refractivity contribution in [3.05, 3.63) is 35.4 Å². The Kier molecular flexibility index (Phi) is 4.42. The molecule has 0 bridgehead atoms. The first-order chi connectivity index (χ1) is 10.8. The molecule has 1 heterocycles. The number of hydrogen-bond donors (Lipinski definition) is 2. The Morgan fingerprint density at radius 3 is 2.13 bits per heavy atom. The smallest absolute Gasteiger partial charge is 0.391 e. The molecule has 23 heavy (non-hydrogen) atoms. The van der Waals surface area contributed by atoms with Gasteiger partial charge >= 0.3 is 6.18 Å². The third kappa shape index (κ3) is 3.39. The number of likely N-dealkylation sites (tertiary alicyclic amines) is 1. The Morgan fingerprint density at radius 1 is 1.04 bits per heavy atom. The van der Waals surface area contributed by atoms with E-state index < -0.39 is 17.3 Å². The van der Waals surface area contributed by atoms with E-state index in [9.17, 15) is 23.4 Å². The fourth-order valence-corrected chi connectivity index (χ4v) is 3.83. The van der Waals surface area contributed by atoms with Crippen LogP contribution in [-0.4, -0.2) is 40.3 Å². The summed E-state index contributed by atoms with van der Waals surface area (Å²) in [6.45, 7) is 1.30. The molecule has 2 aliphatic rings. The van der Waals surface area contributed by atoms with Gasteiger partial charge in [-0.1, -0.05) is 12.1 Å². The van der Waals surface area contributed by atoms with E-state index in [1.165, 1.54) is 12.1 Å². The number of halogens is 3. The molecule has 1 aromatic carbocycles. The Bertz CT molecular complexity index is 536. The van der Waals surface area contributed by atoms with Crippen LogP contribution in [0.2, 0.25) is 0 Å². The molecular formula is C17H22F3NO2. The second-order valence-electron chi connectivity index (χ2n) is 6.71. The van der Waals surface area contributed by atoms with Gasteiger partial charge in [0, 0.05) is 19.1 Å². The number of piperidine rings is 1. The maximum Gasteiger partial charge on any atom is 0.416 e. The summed E-state index contributed by atoms with van der Waals surface area (Å²) < 4.78 is 37.9. The minimum atomic E-state index is -4.36. The monoisotopic (exact) mass is 329 g/mol. The highest BCUT2D eigenvalue weighted by molar-refractivity contribution is 5.29. The number of benzene rings is 1. The molecule has 0 aromatic heterocycles. The van der Waals surface area contributed by atoms with Gasteiger partial charge in [0.25, 0.3) is 0 Å². The molecule has 0 radical (unpaired) electrons. The van der Waals surface area contributed by atoms with E-state index in [1.807, 2.05) is 0 Å². The van der Waals surface area contributed by atoms with Crippen LogP contribution in [0, 0.1) is 0 Å². The molecule has 2 atom stereocenters. The summed E-state index contributed by atoms with van der Waals surface area (Å²) in [5.74, 6) is 0. The number of hydrogen-bond acceptors (Lipinski definition) is 3. The summed E-state index contributed by atoms with van der Waals surface area (Å²) in [6.07, 6.45) is -0.894. The van der Waals surface area contributed by atoms with Crippen LogP contribution >= 0.6 is 0 Å². The van der Waals surface area contributed by atoms with Crippen LogP contribution in [0.25, 0.3) is 0 Å². The van der Waals surface area contributed by atoms with E-state index in [4.69, 9.17) is 0 Å². The summed E-state index contributed by atoms with van der Waals surface area (Å²) >= 11 is 0. The molecule has 1 aliphatic carbocycles. The van der Waals surface area contributed by atoms with Crippen LogP contribution in [-0.2, 0) is 11.8 Å². The molecule has 3 rings (SSSR count). The molecule has 2 fully saturated rings. The van der Waals surface area contributed by atoms with Crippen molar-refractivity contribution in [2.45, 2.75) is 56.0 Å². The third-order valence-corrected chi connectivity index (χ3v) is 5.29. The molecule has 0 spiro atoms. The Morgan fingerprint density at radius 2 is 1.65 bits per heavy atom. The summed E-state index contributed by atoms with van der Waals surface area (Å²) in [7, 11) is 0. The highest BCUT2D eigenvalue weighted by atomic mass is 19.4. The van der Waals surface area contributed by atoms with Crippen molar-refractivity contribution >= 4 is 0 Å². The average Bonchev–Trinajstić information content (AvgIpc) is 2.93. The number of nitrogens with zero attached hydrogens (tertiary/aromatic N) is 1. The van der Waals surface area contributed by atoms with Crippen LogP contribution in [0.3, 0.4) is 0 Å². The van der Waals surface area contributed by atoms with E-state index in [0.717, 1.165) is 31.4 Å². The average molecular weight is 329 g/mol. The van der Waals surface area contributed by atoms with Gasteiger partial charge in [0.15, 0.2) is 0 Å². The van der Waals surface area contributed by atoms with E-state index in [1.54, 1.807) is 0 Å². The zero-order valence-electron chi connectivity index (χ0n) is 12.9. The second kappa shape index (κ2) is 6.07. The van der Waals surface area contributed by atoms with Gasteiger partial charge in [0.2, 0.25) is 0 Å². The normalized spacial score (nSPS) is 28.9. The van der Waals surface area contributed by atoms with E-state index >= 15 is 0 Å². The van der Waals surface area contributed by atoms with Crippen LogP contribution in [0.5, 0.6) is 0 Å². The van der Waals surface area contributed by atoms with Gasteiger partial charge in [-0.25, -0.2) is 0 Å². The Balaban J connectivity index is 1.67. The lowest BCUT2D eigenvalue weighted by Crippen LogP contribution is -2.49. The molecule has 2 N–H and O–H groups in total. The molecule has 1 saturated heterocycles. The number of aliphatic hydroxyl groups excluding tert-OH is 1.